The van der Waals surface area contributed by atoms with E-state index in [1.807, 2.05) is 0 Å². The lowest BCUT2D eigenvalue weighted by Crippen LogP contribution is -2.55. The van der Waals surface area contributed by atoms with Gasteiger partial charge in [-0.3, -0.25) is 9.59 Å². The summed E-state index contributed by atoms with van der Waals surface area (Å²) in [6.07, 6.45) is 31.5. The summed E-state index contributed by atoms with van der Waals surface area (Å²) in [5.74, 6) is -1.82. The lowest BCUT2D eigenvalue weighted by atomic mass is 10.1. The molecule has 0 amide bonds. The number of carboxylic acids is 1. The predicted octanol–water partition coefficient (Wildman–Crippen LogP) is 7.18. The average molecular weight is 648 g/mol. The number of hydrogen-bond acceptors (Lipinski definition) is 7. The van der Waals surface area contributed by atoms with Gasteiger partial charge in [-0.2, -0.15) is 0 Å². The molecule has 8 heteroatoms. The molecular formula is C38H65NO7. The molecule has 2 atom stereocenters. The van der Waals surface area contributed by atoms with Crippen LogP contribution in [0.2, 0.25) is 0 Å². The minimum Gasteiger partial charge on any atom is -0.544 e. The van der Waals surface area contributed by atoms with E-state index in [0.29, 0.717) is 12.8 Å². The third-order valence-electron chi connectivity index (χ3n) is 7.45. The van der Waals surface area contributed by atoms with Crippen LogP contribution in [-0.4, -0.2) is 75.5 Å². The Morgan fingerprint density at radius 3 is 1.85 bits per heavy atom. The maximum absolute atomic E-state index is 12.6. The van der Waals surface area contributed by atoms with Crippen molar-refractivity contribution in [2.45, 2.75) is 135 Å². The number of ether oxygens (including phenoxy) is 3. The third-order valence-corrected chi connectivity index (χ3v) is 7.45. The van der Waals surface area contributed by atoms with Crippen LogP contribution in [0.15, 0.2) is 48.6 Å². The minimum absolute atomic E-state index is 0.0200. The molecule has 0 saturated heterocycles. The first-order valence-electron chi connectivity index (χ1n) is 17.7. The Morgan fingerprint density at radius 1 is 0.674 bits per heavy atom. The number of likely N-dealkylation sites (N-methyl/N-ethyl adjacent to an activating group) is 1. The van der Waals surface area contributed by atoms with Crippen molar-refractivity contribution in [1.82, 2.24) is 0 Å². The number of unbranched alkanes of at least 4 members (excludes halogenated alkanes) is 8. The zero-order valence-corrected chi connectivity index (χ0v) is 29.7. The molecule has 0 bridgehead atoms. The molecule has 2 unspecified atom stereocenters. The molecule has 8 nitrogen and oxygen atoms in total. The average Bonchev–Trinajstić information content (AvgIpc) is 3.00. The SMILES string of the molecule is CC/C=C/C/C=C/C/C=C/CCCCC(=O)OC(COCCC(C(=O)[O-])[N+](C)(C)C)COC(=O)CCCCCC/C=C/CCCC. The number of carbonyl (C=O) groups is 3. The van der Waals surface area contributed by atoms with Gasteiger partial charge in [0, 0.05) is 19.3 Å². The highest BCUT2D eigenvalue weighted by atomic mass is 16.6. The third kappa shape index (κ3) is 27.6. The summed E-state index contributed by atoms with van der Waals surface area (Å²) < 4.78 is 17.0. The molecule has 0 aliphatic rings. The van der Waals surface area contributed by atoms with Gasteiger partial charge in [0.2, 0.25) is 0 Å². The van der Waals surface area contributed by atoms with Crippen LogP contribution in [0.3, 0.4) is 0 Å². The van der Waals surface area contributed by atoms with E-state index in [4.69, 9.17) is 14.2 Å². The number of esters is 2. The molecule has 264 valence electrons. The van der Waals surface area contributed by atoms with Gasteiger partial charge < -0.3 is 28.6 Å². The fourth-order valence-corrected chi connectivity index (χ4v) is 4.65. The van der Waals surface area contributed by atoms with Crippen molar-refractivity contribution in [1.29, 1.82) is 0 Å². The van der Waals surface area contributed by atoms with E-state index in [0.717, 1.165) is 70.6 Å². The van der Waals surface area contributed by atoms with E-state index in [-0.39, 0.29) is 49.1 Å². The van der Waals surface area contributed by atoms with E-state index in [1.54, 1.807) is 21.1 Å². The summed E-state index contributed by atoms with van der Waals surface area (Å²) in [5, 5.41) is 11.5. The molecule has 0 rings (SSSR count). The molecule has 0 aromatic carbocycles. The monoisotopic (exact) mass is 647 g/mol. The number of quaternary nitrogens is 1. The van der Waals surface area contributed by atoms with E-state index >= 15 is 0 Å². The van der Waals surface area contributed by atoms with Crippen molar-refractivity contribution in [3.05, 3.63) is 48.6 Å². The fraction of sp³-hybridized carbons (Fsp3) is 0.711. The van der Waals surface area contributed by atoms with Crippen LogP contribution in [0.25, 0.3) is 0 Å². The van der Waals surface area contributed by atoms with Gasteiger partial charge in [-0.05, 0) is 64.2 Å². The van der Waals surface area contributed by atoms with Crippen molar-refractivity contribution in [3.8, 4) is 0 Å². The van der Waals surface area contributed by atoms with Crippen molar-refractivity contribution in [2.75, 3.05) is 41.0 Å². The van der Waals surface area contributed by atoms with Gasteiger partial charge in [-0.1, -0.05) is 88.1 Å². The normalized spacial score (nSPS) is 13.7. The molecule has 0 heterocycles. The van der Waals surface area contributed by atoms with Crippen molar-refractivity contribution < 1.29 is 38.2 Å². The largest absolute Gasteiger partial charge is 0.544 e. The van der Waals surface area contributed by atoms with Crippen LogP contribution >= 0.6 is 0 Å². The Labute approximate surface area is 280 Å². The maximum atomic E-state index is 12.6. The highest BCUT2D eigenvalue weighted by Gasteiger charge is 2.25. The molecule has 0 spiro atoms. The summed E-state index contributed by atoms with van der Waals surface area (Å²) >= 11 is 0. The van der Waals surface area contributed by atoms with Gasteiger partial charge in [-0.15, -0.1) is 0 Å². The Morgan fingerprint density at radius 2 is 1.22 bits per heavy atom. The number of carboxylic acid groups (broad SMARTS) is 1. The summed E-state index contributed by atoms with van der Waals surface area (Å²) in [7, 11) is 5.36. The van der Waals surface area contributed by atoms with Gasteiger partial charge in [0.05, 0.1) is 40.3 Å². The standard InChI is InChI=1S/C38H65NO7/c1-6-8-10-12-14-16-18-19-21-23-25-27-29-37(41)46-34(32-44-31-30-35(38(42)43)39(3,4)5)33-45-36(40)28-26-24-22-20-17-15-13-11-9-7-2/h8,10,13-16,19,21,34-35H,6-7,9,11-12,17-18,20,22-33H2,1-5H3/b10-8+,15-13+,16-14+,21-19+. The number of allylic oxidation sites excluding steroid dienone is 8. The highest BCUT2D eigenvalue weighted by Crippen LogP contribution is 2.11. The summed E-state index contributed by atoms with van der Waals surface area (Å²) in [4.78, 5) is 36.5. The van der Waals surface area contributed by atoms with Crippen LogP contribution in [0.5, 0.6) is 0 Å². The number of aliphatic carboxylic acids is 1. The molecular weight excluding hydrogens is 582 g/mol. The summed E-state index contributed by atoms with van der Waals surface area (Å²) in [6.45, 7) is 4.41. The van der Waals surface area contributed by atoms with Crippen LogP contribution in [0.4, 0.5) is 0 Å². The van der Waals surface area contributed by atoms with Crippen LogP contribution < -0.4 is 5.11 Å². The van der Waals surface area contributed by atoms with Gasteiger partial charge in [0.25, 0.3) is 0 Å². The minimum atomic E-state index is -1.14. The molecule has 0 radical (unpaired) electrons. The number of carbonyl (C=O) groups excluding carboxylic acids is 3. The zero-order chi connectivity index (χ0) is 34.3. The summed E-state index contributed by atoms with van der Waals surface area (Å²) in [6, 6.07) is -0.732. The molecule has 0 aliphatic carbocycles. The van der Waals surface area contributed by atoms with Crippen molar-refractivity contribution in [2.24, 2.45) is 0 Å². The first-order chi connectivity index (χ1) is 22.1. The van der Waals surface area contributed by atoms with Crippen molar-refractivity contribution in [3.63, 3.8) is 0 Å². The van der Waals surface area contributed by atoms with Gasteiger partial charge in [0.15, 0.2) is 6.10 Å². The second-order valence-electron chi connectivity index (χ2n) is 12.7. The van der Waals surface area contributed by atoms with Crippen LogP contribution in [0.1, 0.15) is 123 Å². The highest BCUT2D eigenvalue weighted by molar-refractivity contribution is 5.70. The van der Waals surface area contributed by atoms with E-state index in [1.165, 1.54) is 12.8 Å². The fourth-order valence-electron chi connectivity index (χ4n) is 4.65. The Hall–Kier alpha value is -2.71. The maximum Gasteiger partial charge on any atom is 0.306 e. The topological polar surface area (TPSA) is 102 Å². The van der Waals surface area contributed by atoms with Gasteiger partial charge >= 0.3 is 11.9 Å². The van der Waals surface area contributed by atoms with Crippen molar-refractivity contribution >= 4 is 17.9 Å². The second kappa shape index (κ2) is 29.7. The first-order valence-corrected chi connectivity index (χ1v) is 17.7. The number of rotatable bonds is 30. The number of hydrogen-bond donors (Lipinski definition) is 0. The Bertz CT molecular complexity index is 901. The molecule has 0 N–H and O–H groups in total. The zero-order valence-electron chi connectivity index (χ0n) is 29.7. The Kier molecular flexibility index (Phi) is 27.9. The van der Waals surface area contributed by atoms with E-state index < -0.39 is 18.1 Å². The predicted molar refractivity (Wildman–Crippen MR) is 185 cm³/mol. The molecule has 0 saturated carbocycles. The first kappa shape index (κ1) is 43.3. The lowest BCUT2D eigenvalue weighted by molar-refractivity contribution is -0.889. The van der Waals surface area contributed by atoms with E-state index in [2.05, 4.69) is 62.5 Å². The van der Waals surface area contributed by atoms with Crippen LogP contribution in [0, 0.1) is 0 Å². The second-order valence-corrected chi connectivity index (χ2v) is 12.7. The smallest absolute Gasteiger partial charge is 0.306 e. The summed E-state index contributed by atoms with van der Waals surface area (Å²) in [5.41, 5.74) is 0. The molecule has 0 fully saturated rings. The molecule has 0 aliphatic heterocycles. The van der Waals surface area contributed by atoms with Crippen LogP contribution in [-0.2, 0) is 28.6 Å². The quantitative estimate of drug-likeness (QED) is 0.0352. The number of nitrogens with zero attached hydrogens (tertiary/aromatic N) is 1. The van der Waals surface area contributed by atoms with E-state index in [9.17, 15) is 19.5 Å². The molecule has 46 heavy (non-hydrogen) atoms. The van der Waals surface area contributed by atoms with Gasteiger partial charge in [-0.25, -0.2) is 0 Å². The van der Waals surface area contributed by atoms with Gasteiger partial charge in [0.1, 0.15) is 12.6 Å². The molecule has 0 aromatic heterocycles. The lowest BCUT2D eigenvalue weighted by Gasteiger charge is -2.34. The Balaban J connectivity index is 4.56. The molecule has 0 aromatic rings.